The number of rotatable bonds is 1. The molecule has 2 fully saturated rings. The topological polar surface area (TPSA) is 36.4 Å². The van der Waals surface area contributed by atoms with Crippen LogP contribution in [0.2, 0.25) is 0 Å². The second-order valence-corrected chi connectivity index (χ2v) is 9.31. The number of hydrogen-bond acceptors (Lipinski definition) is 4. The first-order valence-corrected chi connectivity index (χ1v) is 9.01. The molecule has 0 spiro atoms. The number of aliphatic imine (C=N–C) groups is 1. The van der Waals surface area contributed by atoms with Gasteiger partial charge in [-0.05, 0) is 53.4 Å². The minimum absolute atomic E-state index is 0.204. The quantitative estimate of drug-likeness (QED) is 0.779. The highest BCUT2D eigenvalue weighted by atomic mass is 32.2. The average Bonchev–Trinajstić information content (AvgIpc) is 2.66. The second-order valence-electron chi connectivity index (χ2n) is 8.08. The van der Waals surface area contributed by atoms with E-state index in [2.05, 4.69) is 38.3 Å². The monoisotopic (exact) mass is 295 g/mol. The summed E-state index contributed by atoms with van der Waals surface area (Å²) in [4.78, 5) is 4.95. The van der Waals surface area contributed by atoms with Crippen molar-refractivity contribution < 1.29 is 0 Å². The molecule has 1 saturated heterocycles. The Balaban J connectivity index is 1.63. The molecule has 2 aliphatic heterocycles. The molecule has 4 heteroatoms. The van der Waals surface area contributed by atoms with Gasteiger partial charge < -0.3 is 10.6 Å². The molecule has 0 radical (unpaired) electrons. The molecule has 2 N–H and O–H groups in total. The lowest BCUT2D eigenvalue weighted by Gasteiger charge is -2.46. The summed E-state index contributed by atoms with van der Waals surface area (Å²) in [5.74, 6) is 0. The van der Waals surface area contributed by atoms with Crippen LogP contribution in [0.4, 0.5) is 0 Å². The summed E-state index contributed by atoms with van der Waals surface area (Å²) >= 11 is 2.01. The summed E-state index contributed by atoms with van der Waals surface area (Å²) in [6.45, 7) is 9.25. The van der Waals surface area contributed by atoms with Crippen molar-refractivity contribution in [3.8, 4) is 0 Å². The smallest absolute Gasteiger partial charge is 0.157 e. The third-order valence-corrected chi connectivity index (χ3v) is 6.03. The second kappa shape index (κ2) is 5.20. The van der Waals surface area contributed by atoms with Crippen LogP contribution in [-0.4, -0.2) is 33.6 Å². The molecule has 3 aliphatic rings. The number of hydrogen-bond donors (Lipinski definition) is 2. The Morgan fingerprint density at radius 1 is 1.10 bits per heavy atom. The minimum atomic E-state index is 0.204. The molecule has 2 heterocycles. The van der Waals surface area contributed by atoms with Crippen molar-refractivity contribution in [2.75, 3.05) is 0 Å². The Kier molecular flexibility index (Phi) is 3.83. The zero-order valence-corrected chi connectivity index (χ0v) is 14.1. The Bertz CT molecular complexity index is 387. The highest BCUT2D eigenvalue weighted by molar-refractivity contribution is 8.14. The van der Waals surface area contributed by atoms with Crippen molar-refractivity contribution in [3.05, 3.63) is 0 Å². The molecule has 0 bridgehead atoms. The highest BCUT2D eigenvalue weighted by Gasteiger charge is 2.39. The molecule has 3 nitrogen and oxygen atoms in total. The summed E-state index contributed by atoms with van der Waals surface area (Å²) in [6, 6.07) is 1.15. The highest BCUT2D eigenvalue weighted by Crippen LogP contribution is 2.37. The Morgan fingerprint density at radius 2 is 1.75 bits per heavy atom. The summed E-state index contributed by atoms with van der Waals surface area (Å²) in [6.07, 6.45) is 7.76. The lowest BCUT2D eigenvalue weighted by Crippen LogP contribution is -2.62. The van der Waals surface area contributed by atoms with Gasteiger partial charge in [-0.15, -0.1) is 0 Å². The maximum absolute atomic E-state index is 4.95. The van der Waals surface area contributed by atoms with Crippen LogP contribution in [0.1, 0.15) is 66.2 Å². The first-order valence-electron chi connectivity index (χ1n) is 8.13. The molecule has 114 valence electrons. The largest absolute Gasteiger partial charge is 0.362 e. The van der Waals surface area contributed by atoms with Gasteiger partial charge in [0.05, 0.1) is 6.04 Å². The predicted octanol–water partition coefficient (Wildman–Crippen LogP) is 3.30. The third-order valence-electron chi connectivity index (χ3n) is 4.73. The first kappa shape index (κ1) is 14.7. The van der Waals surface area contributed by atoms with Gasteiger partial charge in [-0.3, -0.25) is 4.99 Å². The minimum Gasteiger partial charge on any atom is -0.362 e. The molecule has 20 heavy (non-hydrogen) atoms. The Labute approximate surface area is 127 Å². The molecule has 0 aromatic rings. The molecule has 3 rings (SSSR count). The fourth-order valence-corrected chi connectivity index (χ4v) is 5.71. The fraction of sp³-hybridized carbons (Fsp3) is 0.938. The Hall–Kier alpha value is -0.220. The van der Waals surface area contributed by atoms with Gasteiger partial charge in [0.2, 0.25) is 0 Å². The number of nitrogens with one attached hydrogen (secondary N) is 2. The average molecular weight is 295 g/mol. The fourth-order valence-electron chi connectivity index (χ4n) is 4.36. The summed E-state index contributed by atoms with van der Waals surface area (Å²) in [7, 11) is 0. The predicted molar refractivity (Wildman–Crippen MR) is 88.5 cm³/mol. The van der Waals surface area contributed by atoms with Crippen LogP contribution >= 0.6 is 11.8 Å². The van der Waals surface area contributed by atoms with E-state index in [1.165, 1.54) is 43.7 Å². The van der Waals surface area contributed by atoms with E-state index in [1.807, 2.05) is 11.8 Å². The van der Waals surface area contributed by atoms with Gasteiger partial charge in [0.15, 0.2) is 5.17 Å². The molecular formula is C16H29N3S. The van der Waals surface area contributed by atoms with Crippen molar-refractivity contribution in [1.82, 2.24) is 10.6 Å². The summed E-state index contributed by atoms with van der Waals surface area (Å²) < 4.78 is 0. The van der Waals surface area contributed by atoms with Gasteiger partial charge in [-0.2, -0.15) is 0 Å². The maximum atomic E-state index is 4.95. The van der Waals surface area contributed by atoms with Crippen LogP contribution in [-0.2, 0) is 0 Å². The van der Waals surface area contributed by atoms with Gasteiger partial charge in [-0.25, -0.2) is 0 Å². The number of thioether (sulfide) groups is 1. The number of fused-ring (bicyclic) bond motifs is 1. The van der Waals surface area contributed by atoms with Gasteiger partial charge in [0, 0.05) is 22.4 Å². The zero-order valence-electron chi connectivity index (χ0n) is 13.3. The van der Waals surface area contributed by atoms with Gasteiger partial charge >= 0.3 is 0 Å². The number of amidine groups is 1. The van der Waals surface area contributed by atoms with Crippen LogP contribution < -0.4 is 10.6 Å². The van der Waals surface area contributed by atoms with Crippen LogP contribution in [0.3, 0.4) is 0 Å². The van der Waals surface area contributed by atoms with Crippen LogP contribution in [0.25, 0.3) is 0 Å². The van der Waals surface area contributed by atoms with Gasteiger partial charge in [-0.1, -0.05) is 24.6 Å². The van der Waals surface area contributed by atoms with Gasteiger partial charge in [0.1, 0.15) is 0 Å². The standard InChI is InChI=1S/C16H29N3S/c1-15(2)9-11(10-16(3,4)19-15)17-14-18-12-7-5-6-8-13(12)20-14/h11-13,19H,5-10H2,1-4H3,(H,17,18)/t12-,13+/m1/s1. The van der Waals surface area contributed by atoms with Crippen molar-refractivity contribution in [2.45, 2.75) is 94.6 Å². The van der Waals surface area contributed by atoms with Crippen LogP contribution in [0.15, 0.2) is 4.99 Å². The van der Waals surface area contributed by atoms with Crippen molar-refractivity contribution >= 4 is 16.9 Å². The summed E-state index contributed by atoms with van der Waals surface area (Å²) in [5, 5.41) is 9.49. The lowest BCUT2D eigenvalue weighted by atomic mass is 9.80. The molecule has 1 aliphatic carbocycles. The van der Waals surface area contributed by atoms with Crippen molar-refractivity contribution in [2.24, 2.45) is 4.99 Å². The molecule has 0 unspecified atom stereocenters. The van der Waals surface area contributed by atoms with E-state index in [4.69, 9.17) is 4.99 Å². The lowest BCUT2D eigenvalue weighted by molar-refractivity contribution is 0.156. The van der Waals surface area contributed by atoms with E-state index in [0.29, 0.717) is 12.1 Å². The van der Waals surface area contributed by atoms with Crippen molar-refractivity contribution in [3.63, 3.8) is 0 Å². The first-order chi connectivity index (χ1) is 9.33. The summed E-state index contributed by atoms with van der Waals surface area (Å²) in [5.41, 5.74) is 0.409. The molecule has 0 aromatic heterocycles. The maximum Gasteiger partial charge on any atom is 0.157 e. The van der Waals surface area contributed by atoms with E-state index in [1.54, 1.807) is 0 Å². The van der Waals surface area contributed by atoms with Crippen LogP contribution in [0, 0.1) is 0 Å². The molecule has 1 saturated carbocycles. The third kappa shape index (κ3) is 3.33. The molecule has 0 aromatic carbocycles. The van der Waals surface area contributed by atoms with E-state index >= 15 is 0 Å². The number of piperidine rings is 1. The Morgan fingerprint density at radius 3 is 2.40 bits per heavy atom. The van der Waals surface area contributed by atoms with Gasteiger partial charge in [0.25, 0.3) is 0 Å². The molecule has 0 amide bonds. The molecule has 2 atom stereocenters. The van der Waals surface area contributed by atoms with Crippen LogP contribution in [0.5, 0.6) is 0 Å². The van der Waals surface area contributed by atoms with E-state index in [0.717, 1.165) is 5.25 Å². The van der Waals surface area contributed by atoms with Crippen molar-refractivity contribution in [1.29, 1.82) is 0 Å². The SMILES string of the molecule is CC1(C)CC(NC2=N[C@@H]3CCCC[C@@H]3S2)CC(C)(C)N1. The number of nitrogens with zero attached hydrogens (tertiary/aromatic N) is 1. The van der Waals surface area contributed by atoms with E-state index < -0.39 is 0 Å². The zero-order chi connectivity index (χ0) is 14.4. The molecular weight excluding hydrogens is 266 g/mol. The van der Waals surface area contributed by atoms with E-state index in [-0.39, 0.29) is 11.1 Å². The normalized spacial score (nSPS) is 36.3. The van der Waals surface area contributed by atoms with E-state index in [9.17, 15) is 0 Å².